The van der Waals surface area contributed by atoms with E-state index in [1.54, 1.807) is 0 Å². The molecule has 0 fully saturated rings. The SMILES string of the molecule is Bc1ccc2c(c1)C(=S)NCCO2. The summed E-state index contributed by atoms with van der Waals surface area (Å²) in [6.45, 7) is 1.46. The second-order valence-electron chi connectivity index (χ2n) is 3.10. The Morgan fingerprint density at radius 3 is 3.15 bits per heavy atom. The molecule has 0 radical (unpaired) electrons. The van der Waals surface area contributed by atoms with Gasteiger partial charge in [-0.05, 0) is 6.07 Å². The minimum absolute atomic E-state index is 0.677. The number of fused-ring (bicyclic) bond motifs is 1. The molecular weight excluding hydrogens is 181 g/mol. The van der Waals surface area contributed by atoms with E-state index in [4.69, 9.17) is 17.0 Å². The van der Waals surface area contributed by atoms with Crippen LogP contribution in [0.4, 0.5) is 0 Å². The first-order valence-electron chi connectivity index (χ1n) is 4.29. The lowest BCUT2D eigenvalue weighted by atomic mass is 9.94. The Bertz CT molecular complexity index is 353. The molecule has 0 aliphatic carbocycles. The second-order valence-corrected chi connectivity index (χ2v) is 3.51. The van der Waals surface area contributed by atoms with Crippen molar-refractivity contribution in [3.63, 3.8) is 0 Å². The van der Waals surface area contributed by atoms with Crippen LogP contribution in [0.3, 0.4) is 0 Å². The van der Waals surface area contributed by atoms with Gasteiger partial charge in [-0.1, -0.05) is 29.8 Å². The third-order valence-corrected chi connectivity index (χ3v) is 2.39. The van der Waals surface area contributed by atoms with Gasteiger partial charge in [0, 0.05) is 6.54 Å². The van der Waals surface area contributed by atoms with E-state index in [1.165, 1.54) is 5.46 Å². The molecule has 2 rings (SSSR count). The van der Waals surface area contributed by atoms with Gasteiger partial charge < -0.3 is 10.1 Å². The molecule has 2 nitrogen and oxygen atoms in total. The molecule has 0 saturated heterocycles. The molecule has 1 aliphatic heterocycles. The van der Waals surface area contributed by atoms with Gasteiger partial charge >= 0.3 is 0 Å². The predicted octanol–water partition coefficient (Wildman–Crippen LogP) is -0.398. The van der Waals surface area contributed by atoms with E-state index < -0.39 is 0 Å². The summed E-state index contributed by atoms with van der Waals surface area (Å²) in [5, 5.41) is 3.13. The van der Waals surface area contributed by atoms with E-state index in [0.29, 0.717) is 6.61 Å². The number of rotatable bonds is 0. The zero-order valence-corrected chi connectivity index (χ0v) is 8.28. The zero-order valence-electron chi connectivity index (χ0n) is 7.46. The van der Waals surface area contributed by atoms with Crippen LogP contribution in [0.5, 0.6) is 5.75 Å². The normalized spacial score (nSPS) is 15.2. The summed E-state index contributed by atoms with van der Waals surface area (Å²) < 4.78 is 5.52. The highest BCUT2D eigenvalue weighted by Gasteiger charge is 2.12. The summed E-state index contributed by atoms with van der Waals surface area (Å²) in [5.74, 6) is 0.889. The van der Waals surface area contributed by atoms with Crippen LogP contribution in [-0.2, 0) is 0 Å². The van der Waals surface area contributed by atoms with E-state index in [1.807, 2.05) is 20.0 Å². The van der Waals surface area contributed by atoms with E-state index in [9.17, 15) is 0 Å². The Labute approximate surface area is 83.7 Å². The fourth-order valence-electron chi connectivity index (χ4n) is 1.37. The summed E-state index contributed by atoms with van der Waals surface area (Å²) in [7, 11) is 2.05. The van der Waals surface area contributed by atoms with E-state index in [0.717, 1.165) is 22.8 Å². The van der Waals surface area contributed by atoms with Crippen LogP contribution in [0.25, 0.3) is 0 Å². The fraction of sp³-hybridized carbons (Fsp3) is 0.222. The lowest BCUT2D eigenvalue weighted by Crippen LogP contribution is -2.24. The number of hydrogen-bond donors (Lipinski definition) is 1. The zero-order chi connectivity index (χ0) is 9.26. The van der Waals surface area contributed by atoms with E-state index >= 15 is 0 Å². The van der Waals surface area contributed by atoms with Gasteiger partial charge in [-0.3, -0.25) is 0 Å². The van der Waals surface area contributed by atoms with Crippen molar-refractivity contribution in [2.75, 3.05) is 13.2 Å². The molecule has 1 aromatic carbocycles. The lowest BCUT2D eigenvalue weighted by Gasteiger charge is -2.06. The largest absolute Gasteiger partial charge is 0.491 e. The van der Waals surface area contributed by atoms with Gasteiger partial charge in [0.15, 0.2) is 0 Å². The minimum atomic E-state index is 0.677. The molecule has 13 heavy (non-hydrogen) atoms. The minimum Gasteiger partial charge on any atom is -0.491 e. The average molecular weight is 191 g/mol. The maximum Gasteiger partial charge on any atom is 0.139 e. The van der Waals surface area contributed by atoms with Gasteiger partial charge in [-0.2, -0.15) is 0 Å². The molecule has 1 heterocycles. The molecule has 1 aromatic rings. The number of thiocarbonyl (C=S) groups is 1. The predicted molar refractivity (Wildman–Crippen MR) is 59.8 cm³/mol. The highest BCUT2D eigenvalue weighted by Crippen LogP contribution is 2.18. The maximum atomic E-state index is 5.52. The van der Waals surface area contributed by atoms with Crippen molar-refractivity contribution in [2.24, 2.45) is 0 Å². The molecule has 0 amide bonds. The first-order chi connectivity index (χ1) is 6.27. The summed E-state index contributed by atoms with van der Waals surface area (Å²) in [6, 6.07) is 6.06. The summed E-state index contributed by atoms with van der Waals surface area (Å²) >= 11 is 5.22. The quantitative estimate of drug-likeness (QED) is 0.445. The van der Waals surface area contributed by atoms with Gasteiger partial charge in [0.2, 0.25) is 0 Å². The topological polar surface area (TPSA) is 21.3 Å². The van der Waals surface area contributed by atoms with Crippen molar-refractivity contribution in [2.45, 2.75) is 0 Å². The second kappa shape index (κ2) is 3.38. The molecule has 0 unspecified atom stereocenters. The average Bonchev–Trinajstić information content (AvgIpc) is 2.29. The molecule has 0 spiro atoms. The molecule has 1 aliphatic rings. The fourth-order valence-corrected chi connectivity index (χ4v) is 1.63. The molecule has 0 aromatic heterocycles. The Kier molecular flexibility index (Phi) is 2.23. The van der Waals surface area contributed by atoms with Gasteiger partial charge in [0.25, 0.3) is 0 Å². The molecule has 0 bridgehead atoms. The first kappa shape index (κ1) is 8.57. The Morgan fingerprint density at radius 1 is 1.46 bits per heavy atom. The van der Waals surface area contributed by atoms with E-state index in [-0.39, 0.29) is 0 Å². The van der Waals surface area contributed by atoms with Gasteiger partial charge in [-0.15, -0.1) is 0 Å². The number of nitrogens with one attached hydrogen (secondary N) is 1. The van der Waals surface area contributed by atoms with Crippen LogP contribution in [0, 0.1) is 0 Å². The molecule has 66 valence electrons. The Balaban J connectivity index is 2.49. The van der Waals surface area contributed by atoms with Gasteiger partial charge in [0.05, 0.1) is 5.56 Å². The third kappa shape index (κ3) is 1.67. The van der Waals surface area contributed by atoms with Crippen molar-refractivity contribution in [3.8, 4) is 5.75 Å². The van der Waals surface area contributed by atoms with Crippen molar-refractivity contribution in [1.29, 1.82) is 0 Å². The van der Waals surface area contributed by atoms with Crippen molar-refractivity contribution in [1.82, 2.24) is 5.32 Å². The summed E-state index contributed by atoms with van der Waals surface area (Å²) in [5.41, 5.74) is 2.21. The third-order valence-electron chi connectivity index (χ3n) is 2.02. The van der Waals surface area contributed by atoms with Gasteiger partial charge in [0.1, 0.15) is 25.2 Å². The monoisotopic (exact) mass is 191 g/mol. The number of hydrogen-bond acceptors (Lipinski definition) is 2. The van der Waals surface area contributed by atoms with Crippen LogP contribution in [-0.4, -0.2) is 26.0 Å². The van der Waals surface area contributed by atoms with E-state index in [2.05, 4.69) is 11.4 Å². The van der Waals surface area contributed by atoms with Gasteiger partial charge in [-0.25, -0.2) is 0 Å². The van der Waals surface area contributed by atoms with Crippen LogP contribution in [0.2, 0.25) is 0 Å². The Hall–Kier alpha value is -1.03. The maximum absolute atomic E-state index is 5.52. The highest BCUT2D eigenvalue weighted by molar-refractivity contribution is 7.80. The highest BCUT2D eigenvalue weighted by atomic mass is 32.1. The van der Waals surface area contributed by atoms with Crippen LogP contribution < -0.4 is 15.5 Å². The standard InChI is InChI=1S/C9H10BNOS/c10-6-1-2-8-7(5-6)9(13)11-3-4-12-8/h1-2,5H,3-4,10H2,(H,11,13). The smallest absolute Gasteiger partial charge is 0.139 e. The van der Waals surface area contributed by atoms with Crippen LogP contribution >= 0.6 is 12.2 Å². The Morgan fingerprint density at radius 2 is 2.31 bits per heavy atom. The van der Waals surface area contributed by atoms with Crippen molar-refractivity contribution < 1.29 is 4.74 Å². The first-order valence-corrected chi connectivity index (χ1v) is 4.70. The molecule has 1 N–H and O–H groups in total. The molecular formula is C9H10BNOS. The molecule has 4 heteroatoms. The molecule has 0 saturated carbocycles. The number of benzene rings is 1. The van der Waals surface area contributed by atoms with Crippen LogP contribution in [0.15, 0.2) is 18.2 Å². The van der Waals surface area contributed by atoms with Crippen molar-refractivity contribution >= 4 is 30.5 Å². The summed E-state index contributed by atoms with van der Waals surface area (Å²) in [6.07, 6.45) is 0. The molecule has 0 atom stereocenters. The number of ether oxygens (including phenoxy) is 1. The van der Waals surface area contributed by atoms with Crippen LogP contribution in [0.1, 0.15) is 5.56 Å². The summed E-state index contributed by atoms with van der Waals surface area (Å²) in [4.78, 5) is 0.788. The van der Waals surface area contributed by atoms with Crippen molar-refractivity contribution in [3.05, 3.63) is 23.8 Å². The lowest BCUT2D eigenvalue weighted by molar-refractivity contribution is 0.327.